The molecule has 0 saturated carbocycles. The highest BCUT2D eigenvalue weighted by atomic mass is 15.1. The van der Waals surface area contributed by atoms with E-state index in [0.717, 1.165) is 26.1 Å². The molecule has 0 radical (unpaired) electrons. The van der Waals surface area contributed by atoms with E-state index < -0.39 is 0 Å². The highest BCUT2D eigenvalue weighted by Crippen LogP contribution is 2.28. The summed E-state index contributed by atoms with van der Waals surface area (Å²) in [5.74, 6) is 0. The van der Waals surface area contributed by atoms with Gasteiger partial charge in [-0.1, -0.05) is 13.8 Å². The van der Waals surface area contributed by atoms with E-state index in [0.29, 0.717) is 0 Å². The minimum Gasteiger partial charge on any atom is -0.351 e. The first-order chi connectivity index (χ1) is 8.76. The van der Waals surface area contributed by atoms with Gasteiger partial charge >= 0.3 is 0 Å². The summed E-state index contributed by atoms with van der Waals surface area (Å²) in [5, 5.41) is 0. The monoisotopic (exact) mass is 249 g/mol. The van der Waals surface area contributed by atoms with Gasteiger partial charge in [0.05, 0.1) is 0 Å². The van der Waals surface area contributed by atoms with Gasteiger partial charge in [0.1, 0.15) is 0 Å². The number of aromatic nitrogens is 1. The van der Waals surface area contributed by atoms with E-state index in [4.69, 9.17) is 5.73 Å². The molecule has 18 heavy (non-hydrogen) atoms. The Bertz CT molecular complexity index is 366. The van der Waals surface area contributed by atoms with Gasteiger partial charge in [0.15, 0.2) is 0 Å². The van der Waals surface area contributed by atoms with E-state index in [-0.39, 0.29) is 6.04 Å². The van der Waals surface area contributed by atoms with Gasteiger partial charge < -0.3 is 15.2 Å². The molecule has 1 aliphatic carbocycles. The lowest BCUT2D eigenvalue weighted by molar-refractivity contribution is 0.292. The zero-order chi connectivity index (χ0) is 13.0. The highest BCUT2D eigenvalue weighted by Gasteiger charge is 2.19. The molecule has 0 aromatic carbocycles. The molecule has 1 aromatic heterocycles. The Hall–Kier alpha value is -0.800. The minimum absolute atomic E-state index is 0.276. The second kappa shape index (κ2) is 6.39. The average Bonchev–Trinajstić information content (AvgIpc) is 2.80. The smallest absolute Gasteiger partial charge is 0.0312 e. The predicted octanol–water partition coefficient (Wildman–Crippen LogP) is 2.56. The normalized spacial score (nSPS) is 19.2. The number of rotatable bonds is 6. The number of fused-ring (bicyclic) bond motifs is 1. The van der Waals surface area contributed by atoms with Crippen LogP contribution < -0.4 is 5.73 Å². The Morgan fingerprint density at radius 3 is 2.89 bits per heavy atom. The van der Waals surface area contributed by atoms with Crippen molar-refractivity contribution < 1.29 is 0 Å². The molecule has 0 saturated heterocycles. The van der Waals surface area contributed by atoms with Gasteiger partial charge in [0.25, 0.3) is 0 Å². The lowest BCUT2D eigenvalue weighted by atomic mass is 9.94. The third kappa shape index (κ3) is 2.96. The van der Waals surface area contributed by atoms with Crippen LogP contribution in [0, 0.1) is 0 Å². The first kappa shape index (κ1) is 13.6. The first-order valence-electron chi connectivity index (χ1n) is 7.42. The van der Waals surface area contributed by atoms with E-state index in [1.807, 2.05) is 0 Å². The van der Waals surface area contributed by atoms with Crippen LogP contribution in [0.25, 0.3) is 0 Å². The summed E-state index contributed by atoms with van der Waals surface area (Å²) in [6, 6.07) is 2.51. The zero-order valence-electron chi connectivity index (χ0n) is 11.9. The van der Waals surface area contributed by atoms with Crippen molar-refractivity contribution in [2.45, 2.75) is 52.1 Å². The van der Waals surface area contributed by atoms with Gasteiger partial charge in [0.2, 0.25) is 0 Å². The SMILES string of the molecule is CCN(CC)CCCn1ccc2c1CCCC2N. The fourth-order valence-electron chi connectivity index (χ4n) is 3.01. The maximum Gasteiger partial charge on any atom is 0.0312 e. The highest BCUT2D eigenvalue weighted by molar-refractivity contribution is 5.28. The molecule has 102 valence electrons. The molecule has 1 aromatic rings. The summed E-state index contributed by atoms with van der Waals surface area (Å²) >= 11 is 0. The van der Waals surface area contributed by atoms with Crippen molar-refractivity contribution in [2.24, 2.45) is 5.73 Å². The second-order valence-corrected chi connectivity index (χ2v) is 5.29. The summed E-state index contributed by atoms with van der Waals surface area (Å²) in [4.78, 5) is 2.49. The van der Waals surface area contributed by atoms with E-state index in [1.54, 1.807) is 0 Å². The van der Waals surface area contributed by atoms with Crippen LogP contribution in [0.15, 0.2) is 12.3 Å². The fourth-order valence-corrected chi connectivity index (χ4v) is 3.01. The standard InChI is InChI=1S/C15H27N3/c1-3-17(4-2)10-6-11-18-12-9-13-14(16)7-5-8-15(13)18/h9,12,14H,3-8,10-11,16H2,1-2H3. The zero-order valence-corrected chi connectivity index (χ0v) is 11.9. The molecule has 2 rings (SSSR count). The quantitative estimate of drug-likeness (QED) is 0.840. The Kier molecular flexibility index (Phi) is 4.84. The number of aryl methyl sites for hydroxylation is 1. The van der Waals surface area contributed by atoms with E-state index >= 15 is 0 Å². The molecule has 0 bridgehead atoms. The van der Waals surface area contributed by atoms with Gasteiger partial charge in [0, 0.05) is 24.5 Å². The Morgan fingerprint density at radius 1 is 1.39 bits per heavy atom. The van der Waals surface area contributed by atoms with Gasteiger partial charge in [-0.3, -0.25) is 0 Å². The molecule has 1 unspecified atom stereocenters. The van der Waals surface area contributed by atoms with Crippen molar-refractivity contribution >= 4 is 0 Å². The Morgan fingerprint density at radius 2 is 2.17 bits per heavy atom. The van der Waals surface area contributed by atoms with Crippen LogP contribution in [-0.4, -0.2) is 29.1 Å². The van der Waals surface area contributed by atoms with Crippen molar-refractivity contribution in [2.75, 3.05) is 19.6 Å². The third-order valence-corrected chi connectivity index (χ3v) is 4.21. The fraction of sp³-hybridized carbons (Fsp3) is 0.733. The van der Waals surface area contributed by atoms with Gasteiger partial charge in [-0.25, -0.2) is 0 Å². The molecule has 0 aliphatic heterocycles. The number of nitrogens with zero attached hydrogens (tertiary/aromatic N) is 2. The van der Waals surface area contributed by atoms with Crippen LogP contribution in [0.2, 0.25) is 0 Å². The van der Waals surface area contributed by atoms with E-state index in [1.165, 1.54) is 37.1 Å². The lowest BCUT2D eigenvalue weighted by Gasteiger charge is -2.22. The summed E-state index contributed by atoms with van der Waals surface area (Å²) in [6.45, 7) is 9.13. The predicted molar refractivity (Wildman–Crippen MR) is 76.7 cm³/mol. The summed E-state index contributed by atoms with van der Waals surface area (Å²) in [7, 11) is 0. The number of nitrogens with two attached hydrogens (primary N) is 1. The van der Waals surface area contributed by atoms with Crippen LogP contribution in [0.3, 0.4) is 0 Å². The van der Waals surface area contributed by atoms with Crippen LogP contribution in [-0.2, 0) is 13.0 Å². The molecule has 2 N–H and O–H groups in total. The molecule has 1 heterocycles. The van der Waals surface area contributed by atoms with Gasteiger partial charge in [-0.2, -0.15) is 0 Å². The van der Waals surface area contributed by atoms with Crippen molar-refractivity contribution in [3.05, 3.63) is 23.5 Å². The maximum absolute atomic E-state index is 6.16. The summed E-state index contributed by atoms with van der Waals surface area (Å²) in [5.41, 5.74) is 9.04. The van der Waals surface area contributed by atoms with Crippen molar-refractivity contribution in [3.63, 3.8) is 0 Å². The maximum atomic E-state index is 6.16. The van der Waals surface area contributed by atoms with Crippen LogP contribution in [0.1, 0.15) is 50.4 Å². The molecule has 3 heteroatoms. The molecule has 1 aliphatic rings. The topological polar surface area (TPSA) is 34.2 Å². The Labute approximate surface area is 111 Å². The van der Waals surface area contributed by atoms with Crippen molar-refractivity contribution in [1.82, 2.24) is 9.47 Å². The van der Waals surface area contributed by atoms with Crippen molar-refractivity contribution in [3.8, 4) is 0 Å². The molecule has 0 spiro atoms. The second-order valence-electron chi connectivity index (χ2n) is 5.29. The molecule has 0 fully saturated rings. The van der Waals surface area contributed by atoms with E-state index in [9.17, 15) is 0 Å². The van der Waals surface area contributed by atoms with Crippen LogP contribution in [0.5, 0.6) is 0 Å². The molecular formula is C15H27N3. The van der Waals surface area contributed by atoms with Crippen LogP contribution in [0.4, 0.5) is 0 Å². The first-order valence-corrected chi connectivity index (χ1v) is 7.42. The lowest BCUT2D eigenvalue weighted by Crippen LogP contribution is -2.25. The molecule has 1 atom stereocenters. The van der Waals surface area contributed by atoms with Crippen molar-refractivity contribution in [1.29, 1.82) is 0 Å². The third-order valence-electron chi connectivity index (χ3n) is 4.21. The van der Waals surface area contributed by atoms with E-state index in [2.05, 4.69) is 35.6 Å². The summed E-state index contributed by atoms with van der Waals surface area (Å²) < 4.78 is 2.43. The van der Waals surface area contributed by atoms with Gasteiger partial charge in [-0.05, 0) is 56.9 Å². The largest absolute Gasteiger partial charge is 0.351 e. The van der Waals surface area contributed by atoms with Gasteiger partial charge in [-0.15, -0.1) is 0 Å². The minimum atomic E-state index is 0.276. The molecular weight excluding hydrogens is 222 g/mol. The summed E-state index contributed by atoms with van der Waals surface area (Å²) in [6.07, 6.45) is 7.07. The number of hydrogen-bond donors (Lipinski definition) is 1. The Balaban J connectivity index is 1.90. The van der Waals surface area contributed by atoms with Crippen LogP contribution >= 0.6 is 0 Å². The average molecular weight is 249 g/mol. The number of hydrogen-bond acceptors (Lipinski definition) is 2. The molecule has 0 amide bonds. The molecule has 3 nitrogen and oxygen atoms in total.